The Labute approximate surface area is 115 Å². The summed E-state index contributed by atoms with van der Waals surface area (Å²) in [6, 6.07) is 4.85. The van der Waals surface area contributed by atoms with Crippen LogP contribution in [0.4, 0.5) is 13.2 Å². The number of alkyl halides is 3. The summed E-state index contributed by atoms with van der Waals surface area (Å²) >= 11 is 0.829. The third-order valence-electron chi connectivity index (χ3n) is 2.36. The first-order valence-corrected chi connectivity index (χ1v) is 6.24. The average molecular weight is 296 g/mol. The molecule has 8 heteroatoms. The zero-order valence-corrected chi connectivity index (χ0v) is 10.5. The highest BCUT2D eigenvalue weighted by Gasteiger charge is 2.34. The molecule has 0 bridgehead atoms. The molecule has 0 atom stereocenters. The highest BCUT2D eigenvalue weighted by molar-refractivity contribution is 7.13. The summed E-state index contributed by atoms with van der Waals surface area (Å²) in [4.78, 5) is 11.4. The van der Waals surface area contributed by atoms with E-state index in [-0.39, 0.29) is 10.8 Å². The van der Waals surface area contributed by atoms with Gasteiger partial charge in [0.25, 0.3) is 0 Å². The van der Waals surface area contributed by atoms with E-state index < -0.39 is 11.9 Å². The number of aromatic nitrogens is 3. The van der Waals surface area contributed by atoms with E-state index in [9.17, 15) is 13.2 Å². The van der Waals surface area contributed by atoms with Crippen LogP contribution in [0.5, 0.6) is 0 Å². The lowest BCUT2D eigenvalue weighted by molar-refractivity contribution is -0.140. The molecule has 3 heterocycles. The molecule has 4 nitrogen and oxygen atoms in total. The molecule has 0 unspecified atom stereocenters. The predicted molar refractivity (Wildman–Crippen MR) is 64.7 cm³/mol. The molecule has 0 saturated heterocycles. The van der Waals surface area contributed by atoms with Crippen molar-refractivity contribution in [3.8, 4) is 22.3 Å². The maximum Gasteiger partial charge on any atom is 0.434 e. The number of furan rings is 1. The predicted octanol–water partition coefficient (Wildman–Crippen LogP) is 3.68. The van der Waals surface area contributed by atoms with Crippen molar-refractivity contribution in [1.82, 2.24) is 15.0 Å². The standard InChI is InChI=1S/C12H5F3N3OS/c13-12(14,15)9-6-20-11(18-9)10-16-4-3-7(17-10)8-2-1-5-19-8/h1-3,5-6H. The number of halogens is 3. The van der Waals surface area contributed by atoms with Crippen molar-refractivity contribution >= 4 is 11.3 Å². The van der Waals surface area contributed by atoms with Crippen LogP contribution in [-0.4, -0.2) is 15.0 Å². The van der Waals surface area contributed by atoms with E-state index >= 15 is 0 Å². The van der Waals surface area contributed by atoms with Crippen LogP contribution in [0.3, 0.4) is 0 Å². The Morgan fingerprint density at radius 1 is 1.25 bits per heavy atom. The summed E-state index contributed by atoms with van der Waals surface area (Å²) in [6.07, 6.45) is -0.423. The molecule has 0 saturated carbocycles. The first-order chi connectivity index (χ1) is 9.54. The van der Waals surface area contributed by atoms with Gasteiger partial charge < -0.3 is 4.42 Å². The van der Waals surface area contributed by atoms with E-state index in [2.05, 4.69) is 21.1 Å². The van der Waals surface area contributed by atoms with E-state index in [1.807, 2.05) is 0 Å². The van der Waals surface area contributed by atoms with E-state index in [4.69, 9.17) is 4.42 Å². The van der Waals surface area contributed by atoms with Crippen LogP contribution in [0, 0.1) is 6.20 Å². The van der Waals surface area contributed by atoms with Crippen LogP contribution in [0.15, 0.2) is 34.3 Å². The molecule has 0 N–H and O–H groups in total. The molecular formula is C12H5F3N3OS. The smallest absolute Gasteiger partial charge is 0.434 e. The van der Waals surface area contributed by atoms with Crippen molar-refractivity contribution in [2.24, 2.45) is 0 Å². The second-order valence-corrected chi connectivity index (χ2v) is 4.58. The Morgan fingerprint density at radius 2 is 2.10 bits per heavy atom. The van der Waals surface area contributed by atoms with Crippen molar-refractivity contribution in [2.45, 2.75) is 6.18 Å². The minimum absolute atomic E-state index is 0.0828. The lowest BCUT2D eigenvalue weighted by atomic mass is 10.3. The lowest BCUT2D eigenvalue weighted by Crippen LogP contribution is -2.05. The molecular weight excluding hydrogens is 291 g/mol. The molecule has 3 aromatic heterocycles. The maximum atomic E-state index is 12.5. The molecule has 0 amide bonds. The Hall–Kier alpha value is -2.22. The van der Waals surface area contributed by atoms with Gasteiger partial charge >= 0.3 is 6.18 Å². The first kappa shape index (κ1) is 12.8. The van der Waals surface area contributed by atoms with E-state index in [0.717, 1.165) is 16.7 Å². The molecule has 0 aliphatic carbocycles. The molecule has 3 aromatic rings. The van der Waals surface area contributed by atoms with Gasteiger partial charge in [-0.15, -0.1) is 11.3 Å². The van der Waals surface area contributed by atoms with Gasteiger partial charge in [-0.05, 0) is 18.2 Å². The van der Waals surface area contributed by atoms with Gasteiger partial charge in [0, 0.05) is 5.38 Å². The highest BCUT2D eigenvalue weighted by Crippen LogP contribution is 2.32. The van der Waals surface area contributed by atoms with Gasteiger partial charge in [-0.3, -0.25) is 0 Å². The topological polar surface area (TPSA) is 51.8 Å². The fourth-order valence-corrected chi connectivity index (χ4v) is 2.24. The fraction of sp³-hybridized carbons (Fsp3) is 0.0833. The minimum atomic E-state index is -4.48. The molecule has 0 aliphatic heterocycles. The normalized spacial score (nSPS) is 11.8. The molecule has 101 valence electrons. The summed E-state index contributed by atoms with van der Waals surface area (Å²) < 4.78 is 42.7. The third-order valence-corrected chi connectivity index (χ3v) is 3.20. The van der Waals surface area contributed by atoms with Gasteiger partial charge in [0.1, 0.15) is 5.69 Å². The van der Waals surface area contributed by atoms with Crippen molar-refractivity contribution in [3.05, 3.63) is 41.7 Å². The van der Waals surface area contributed by atoms with Crippen molar-refractivity contribution < 1.29 is 17.6 Å². The molecule has 0 aliphatic rings. The zero-order chi connectivity index (χ0) is 14.2. The largest absolute Gasteiger partial charge is 0.463 e. The van der Waals surface area contributed by atoms with Gasteiger partial charge in [0.15, 0.2) is 22.3 Å². The number of thiazole rings is 1. The summed E-state index contributed by atoms with van der Waals surface area (Å²) in [6.45, 7) is 0. The van der Waals surface area contributed by atoms with Gasteiger partial charge in [-0.1, -0.05) is 0 Å². The van der Waals surface area contributed by atoms with Crippen LogP contribution in [0.25, 0.3) is 22.3 Å². The van der Waals surface area contributed by atoms with Gasteiger partial charge in [-0.2, -0.15) is 13.2 Å². The molecule has 0 spiro atoms. The third kappa shape index (κ3) is 2.42. The molecule has 3 rings (SSSR count). The average Bonchev–Trinajstić information content (AvgIpc) is 3.10. The summed E-state index contributed by atoms with van der Waals surface area (Å²) in [5, 5.41) is 1.01. The van der Waals surface area contributed by atoms with Crippen LogP contribution in [0.1, 0.15) is 5.69 Å². The van der Waals surface area contributed by atoms with Crippen LogP contribution in [0.2, 0.25) is 0 Å². The number of rotatable bonds is 2. The molecule has 1 radical (unpaired) electrons. The fourth-order valence-electron chi connectivity index (χ4n) is 1.48. The SMILES string of the molecule is FC(F)(F)c1csc(-c2n[c]cc(-c3ccco3)n2)n1. The second kappa shape index (κ2) is 4.71. The maximum absolute atomic E-state index is 12.5. The Balaban J connectivity index is 1.99. The van der Waals surface area contributed by atoms with Gasteiger partial charge in [0.2, 0.25) is 0 Å². The lowest BCUT2D eigenvalue weighted by Gasteiger charge is -2.00. The number of nitrogens with zero attached hydrogens (tertiary/aromatic N) is 3. The number of hydrogen-bond acceptors (Lipinski definition) is 5. The molecule has 0 aromatic carbocycles. The Kier molecular flexibility index (Phi) is 3.01. The van der Waals surface area contributed by atoms with Gasteiger partial charge in [-0.25, -0.2) is 15.0 Å². The monoisotopic (exact) mass is 296 g/mol. The van der Waals surface area contributed by atoms with Crippen molar-refractivity contribution in [1.29, 1.82) is 0 Å². The van der Waals surface area contributed by atoms with Crippen LogP contribution < -0.4 is 0 Å². The van der Waals surface area contributed by atoms with Crippen molar-refractivity contribution in [2.75, 3.05) is 0 Å². The summed E-state index contributed by atoms with van der Waals surface area (Å²) in [5.41, 5.74) is -0.520. The van der Waals surface area contributed by atoms with Gasteiger partial charge in [0.05, 0.1) is 12.5 Å². The first-order valence-electron chi connectivity index (χ1n) is 5.36. The number of hydrogen-bond donors (Lipinski definition) is 0. The zero-order valence-electron chi connectivity index (χ0n) is 9.68. The molecule has 20 heavy (non-hydrogen) atoms. The molecule has 0 fully saturated rings. The second-order valence-electron chi connectivity index (χ2n) is 3.72. The highest BCUT2D eigenvalue weighted by atomic mass is 32.1. The van der Waals surface area contributed by atoms with Crippen LogP contribution in [-0.2, 0) is 6.18 Å². The summed E-state index contributed by atoms with van der Waals surface area (Å²) in [7, 11) is 0. The Bertz CT molecular complexity index is 722. The van der Waals surface area contributed by atoms with E-state index in [0.29, 0.717) is 11.5 Å². The van der Waals surface area contributed by atoms with E-state index in [1.165, 1.54) is 12.3 Å². The van der Waals surface area contributed by atoms with E-state index in [1.54, 1.807) is 12.1 Å². The minimum Gasteiger partial charge on any atom is -0.463 e. The Morgan fingerprint density at radius 3 is 2.75 bits per heavy atom. The summed E-state index contributed by atoms with van der Waals surface area (Å²) in [5.74, 6) is 0.567. The quantitative estimate of drug-likeness (QED) is 0.724. The van der Waals surface area contributed by atoms with Crippen molar-refractivity contribution in [3.63, 3.8) is 0 Å². The van der Waals surface area contributed by atoms with Crippen LogP contribution >= 0.6 is 11.3 Å².